The Kier molecular flexibility index (Phi) is 6.01. The SMILES string of the molecule is CCCn1ccnc1CN1CCC(Oc2ccccc2OC)(C(=O)O)CC1. The number of aliphatic carboxylic acids is 1. The molecule has 1 aromatic carbocycles. The molecular formula is C20H27N3O4. The van der Waals surface area contributed by atoms with Crippen LogP contribution in [-0.2, 0) is 17.9 Å². The second-order valence-corrected chi connectivity index (χ2v) is 6.87. The predicted molar refractivity (Wildman–Crippen MR) is 101 cm³/mol. The number of aryl methyl sites for hydroxylation is 1. The first-order valence-electron chi connectivity index (χ1n) is 9.36. The summed E-state index contributed by atoms with van der Waals surface area (Å²) in [5.41, 5.74) is -1.23. The Morgan fingerprint density at radius 2 is 1.96 bits per heavy atom. The maximum absolute atomic E-state index is 12.0. The summed E-state index contributed by atoms with van der Waals surface area (Å²) in [4.78, 5) is 18.7. The summed E-state index contributed by atoms with van der Waals surface area (Å²) in [5, 5.41) is 9.87. The van der Waals surface area contributed by atoms with Gasteiger partial charge in [-0.1, -0.05) is 19.1 Å². The number of imidazole rings is 1. The lowest BCUT2D eigenvalue weighted by Crippen LogP contribution is -2.53. The molecule has 146 valence electrons. The van der Waals surface area contributed by atoms with Crippen LogP contribution in [0.1, 0.15) is 32.0 Å². The maximum Gasteiger partial charge on any atom is 0.348 e. The van der Waals surface area contributed by atoms with Crippen LogP contribution in [-0.4, -0.2) is 51.3 Å². The van der Waals surface area contributed by atoms with Gasteiger partial charge in [0.05, 0.1) is 13.7 Å². The Morgan fingerprint density at radius 3 is 2.59 bits per heavy atom. The van der Waals surface area contributed by atoms with E-state index in [0.717, 1.165) is 25.3 Å². The van der Waals surface area contributed by atoms with Gasteiger partial charge in [0.15, 0.2) is 11.5 Å². The van der Waals surface area contributed by atoms with Crippen LogP contribution in [0.3, 0.4) is 0 Å². The number of rotatable bonds is 8. The van der Waals surface area contributed by atoms with E-state index < -0.39 is 11.6 Å². The third-order valence-electron chi connectivity index (χ3n) is 5.06. The van der Waals surface area contributed by atoms with Crippen molar-refractivity contribution in [2.24, 2.45) is 0 Å². The van der Waals surface area contributed by atoms with Gasteiger partial charge in [-0.15, -0.1) is 0 Å². The second-order valence-electron chi connectivity index (χ2n) is 6.87. The zero-order valence-corrected chi connectivity index (χ0v) is 15.9. The van der Waals surface area contributed by atoms with E-state index in [1.54, 1.807) is 19.2 Å². The van der Waals surface area contributed by atoms with Gasteiger partial charge in [0, 0.05) is 44.9 Å². The molecule has 0 bridgehead atoms. The van der Waals surface area contributed by atoms with Crippen LogP contribution in [0.15, 0.2) is 36.7 Å². The van der Waals surface area contributed by atoms with Crippen molar-refractivity contribution < 1.29 is 19.4 Å². The Labute approximate surface area is 159 Å². The number of piperidine rings is 1. The van der Waals surface area contributed by atoms with Crippen molar-refractivity contribution in [3.8, 4) is 11.5 Å². The van der Waals surface area contributed by atoms with Crippen molar-refractivity contribution in [2.45, 2.75) is 44.9 Å². The standard InChI is InChI=1S/C20H27N3O4/c1-3-11-23-14-10-21-18(23)15-22-12-8-20(9-13-22,19(24)25)27-17-7-5-4-6-16(17)26-2/h4-7,10,14H,3,8-9,11-13,15H2,1-2H3,(H,24,25). The van der Waals surface area contributed by atoms with Gasteiger partial charge in [-0.3, -0.25) is 4.90 Å². The lowest BCUT2D eigenvalue weighted by atomic mass is 9.91. The lowest BCUT2D eigenvalue weighted by Gasteiger charge is -2.38. The fourth-order valence-electron chi connectivity index (χ4n) is 3.48. The van der Waals surface area contributed by atoms with E-state index in [0.29, 0.717) is 37.4 Å². The van der Waals surface area contributed by atoms with E-state index in [9.17, 15) is 9.90 Å². The fourth-order valence-corrected chi connectivity index (χ4v) is 3.48. The first-order valence-corrected chi connectivity index (χ1v) is 9.36. The van der Waals surface area contributed by atoms with Crippen LogP contribution in [0.4, 0.5) is 0 Å². The number of carboxylic acid groups (broad SMARTS) is 1. The van der Waals surface area contributed by atoms with Crippen LogP contribution in [0.2, 0.25) is 0 Å². The Hall–Kier alpha value is -2.54. The Bertz CT molecular complexity index is 766. The minimum atomic E-state index is -1.23. The minimum absolute atomic E-state index is 0.412. The summed E-state index contributed by atoms with van der Waals surface area (Å²) in [7, 11) is 1.55. The van der Waals surface area contributed by atoms with Crippen molar-refractivity contribution in [3.05, 3.63) is 42.5 Å². The summed E-state index contributed by atoms with van der Waals surface area (Å²) >= 11 is 0. The smallest absolute Gasteiger partial charge is 0.348 e. The zero-order valence-electron chi connectivity index (χ0n) is 15.9. The molecule has 0 atom stereocenters. The zero-order chi connectivity index (χ0) is 19.3. The first kappa shape index (κ1) is 19.2. The van der Waals surface area contributed by atoms with Gasteiger partial charge < -0.3 is 19.1 Å². The van der Waals surface area contributed by atoms with Crippen LogP contribution in [0.25, 0.3) is 0 Å². The molecule has 2 heterocycles. The molecular weight excluding hydrogens is 346 g/mol. The van der Waals surface area contributed by atoms with Crippen LogP contribution in [0.5, 0.6) is 11.5 Å². The largest absolute Gasteiger partial charge is 0.493 e. The highest BCUT2D eigenvalue weighted by Gasteiger charge is 2.44. The highest BCUT2D eigenvalue weighted by atomic mass is 16.5. The Balaban J connectivity index is 1.68. The van der Waals surface area contributed by atoms with Crippen molar-refractivity contribution in [1.29, 1.82) is 0 Å². The van der Waals surface area contributed by atoms with Gasteiger partial charge in [-0.2, -0.15) is 0 Å². The number of carboxylic acids is 1. The van der Waals surface area contributed by atoms with E-state index in [4.69, 9.17) is 9.47 Å². The number of hydrogen-bond acceptors (Lipinski definition) is 5. The number of benzene rings is 1. The Morgan fingerprint density at radius 1 is 1.26 bits per heavy atom. The van der Waals surface area contributed by atoms with Crippen molar-refractivity contribution >= 4 is 5.97 Å². The molecule has 1 aliphatic rings. The molecule has 0 amide bonds. The number of methoxy groups -OCH3 is 1. The van der Waals surface area contributed by atoms with Crippen LogP contribution >= 0.6 is 0 Å². The van der Waals surface area contributed by atoms with E-state index in [-0.39, 0.29) is 0 Å². The molecule has 1 aliphatic heterocycles. The molecule has 0 unspecified atom stereocenters. The van der Waals surface area contributed by atoms with Crippen LogP contribution < -0.4 is 9.47 Å². The molecule has 1 fully saturated rings. The molecule has 0 saturated carbocycles. The predicted octanol–water partition coefficient (Wildman–Crippen LogP) is 2.80. The van der Waals surface area contributed by atoms with Gasteiger partial charge in [0.2, 0.25) is 5.60 Å². The first-order chi connectivity index (χ1) is 13.1. The van der Waals surface area contributed by atoms with Gasteiger partial charge in [-0.05, 0) is 18.6 Å². The molecule has 3 rings (SSSR count). The number of nitrogens with zero attached hydrogens (tertiary/aromatic N) is 3. The lowest BCUT2D eigenvalue weighted by molar-refractivity contribution is -0.160. The number of carbonyl (C=O) groups is 1. The maximum atomic E-state index is 12.0. The quantitative estimate of drug-likeness (QED) is 0.767. The molecule has 1 aromatic heterocycles. The number of para-hydroxylation sites is 2. The molecule has 7 heteroatoms. The molecule has 1 saturated heterocycles. The summed E-state index contributed by atoms with van der Waals surface area (Å²) in [5.74, 6) is 1.10. The summed E-state index contributed by atoms with van der Waals surface area (Å²) < 4.78 is 13.5. The van der Waals surface area contributed by atoms with E-state index in [1.165, 1.54) is 0 Å². The van der Waals surface area contributed by atoms with Gasteiger partial charge in [-0.25, -0.2) is 9.78 Å². The number of likely N-dealkylation sites (tertiary alicyclic amines) is 1. The highest BCUT2D eigenvalue weighted by molar-refractivity contribution is 5.78. The topological polar surface area (TPSA) is 76.8 Å². The highest BCUT2D eigenvalue weighted by Crippen LogP contribution is 2.34. The second kappa shape index (κ2) is 8.43. The number of aromatic nitrogens is 2. The number of ether oxygens (including phenoxy) is 2. The third-order valence-corrected chi connectivity index (χ3v) is 5.06. The monoisotopic (exact) mass is 373 g/mol. The van der Waals surface area contributed by atoms with Crippen molar-refractivity contribution in [2.75, 3.05) is 20.2 Å². The molecule has 0 radical (unpaired) electrons. The summed E-state index contributed by atoms with van der Waals surface area (Å²) in [6.07, 6.45) is 5.69. The average Bonchev–Trinajstić information content (AvgIpc) is 3.11. The van der Waals surface area contributed by atoms with Gasteiger partial charge >= 0.3 is 5.97 Å². The normalized spacial score (nSPS) is 16.8. The van der Waals surface area contributed by atoms with Gasteiger partial charge in [0.25, 0.3) is 0 Å². The van der Waals surface area contributed by atoms with Crippen molar-refractivity contribution in [3.63, 3.8) is 0 Å². The molecule has 2 aromatic rings. The minimum Gasteiger partial charge on any atom is -0.493 e. The summed E-state index contributed by atoms with van der Waals surface area (Å²) in [6, 6.07) is 7.17. The molecule has 27 heavy (non-hydrogen) atoms. The third kappa shape index (κ3) is 4.24. The van der Waals surface area contributed by atoms with E-state index in [1.807, 2.05) is 24.5 Å². The molecule has 1 N–H and O–H groups in total. The molecule has 0 aliphatic carbocycles. The van der Waals surface area contributed by atoms with Crippen LogP contribution in [0, 0.1) is 0 Å². The average molecular weight is 373 g/mol. The molecule has 0 spiro atoms. The summed E-state index contributed by atoms with van der Waals surface area (Å²) in [6.45, 7) is 5.08. The fraction of sp³-hybridized carbons (Fsp3) is 0.500. The van der Waals surface area contributed by atoms with E-state index >= 15 is 0 Å². The van der Waals surface area contributed by atoms with Crippen molar-refractivity contribution in [1.82, 2.24) is 14.5 Å². The number of hydrogen-bond donors (Lipinski definition) is 1. The molecule has 7 nitrogen and oxygen atoms in total. The van der Waals surface area contributed by atoms with E-state index in [2.05, 4.69) is 21.4 Å². The van der Waals surface area contributed by atoms with Gasteiger partial charge in [0.1, 0.15) is 5.82 Å².